The molecule has 1 rings (SSSR count). The van der Waals surface area contributed by atoms with Gasteiger partial charge in [0.05, 0.1) is 0 Å². The van der Waals surface area contributed by atoms with Crippen molar-refractivity contribution >= 4 is 0 Å². The van der Waals surface area contributed by atoms with Gasteiger partial charge in [-0.05, 0) is 26.4 Å². The lowest BCUT2D eigenvalue weighted by molar-refractivity contribution is 0.222. The second-order valence-corrected chi connectivity index (χ2v) is 2.78. The van der Waals surface area contributed by atoms with E-state index in [0.29, 0.717) is 6.04 Å². The van der Waals surface area contributed by atoms with Gasteiger partial charge in [0.25, 0.3) is 0 Å². The summed E-state index contributed by atoms with van der Waals surface area (Å²) < 4.78 is 0. The smallest absolute Gasteiger partial charge is 0.0272 e. The lowest BCUT2D eigenvalue weighted by atomic mass is 10.0. The Morgan fingerprint density at radius 3 is 2.78 bits per heavy atom. The second kappa shape index (κ2) is 3.02. The molecular formula is C8H15N. The van der Waals surface area contributed by atoms with Gasteiger partial charge >= 0.3 is 0 Å². The van der Waals surface area contributed by atoms with Gasteiger partial charge in [-0.25, -0.2) is 0 Å². The van der Waals surface area contributed by atoms with Crippen LogP contribution in [0.15, 0.2) is 12.7 Å². The molecule has 0 N–H and O–H groups in total. The molecule has 0 aromatic rings. The van der Waals surface area contributed by atoms with Crippen LogP contribution in [0, 0.1) is 0 Å². The molecule has 1 fully saturated rings. The van der Waals surface area contributed by atoms with E-state index in [-0.39, 0.29) is 0 Å². The van der Waals surface area contributed by atoms with Crippen LogP contribution in [0.3, 0.4) is 0 Å². The van der Waals surface area contributed by atoms with Crippen molar-refractivity contribution in [2.24, 2.45) is 0 Å². The molecule has 0 unspecified atom stereocenters. The molecule has 1 saturated heterocycles. The van der Waals surface area contributed by atoms with E-state index in [0.717, 1.165) is 0 Å². The Bertz CT molecular complexity index is 98.7. The van der Waals surface area contributed by atoms with Crippen LogP contribution in [0.2, 0.25) is 0 Å². The summed E-state index contributed by atoms with van der Waals surface area (Å²) in [5.74, 6) is 0. The first-order valence-corrected chi connectivity index (χ1v) is 3.67. The summed E-state index contributed by atoms with van der Waals surface area (Å²) in [6.45, 7) is 5.04. The van der Waals surface area contributed by atoms with Gasteiger partial charge in [0, 0.05) is 6.04 Å². The highest BCUT2D eigenvalue weighted by atomic mass is 15.1. The lowest BCUT2D eigenvalue weighted by Gasteiger charge is -2.29. The molecule has 0 radical (unpaired) electrons. The van der Waals surface area contributed by atoms with Gasteiger partial charge in [0.1, 0.15) is 0 Å². The molecule has 1 atom stereocenters. The Morgan fingerprint density at radius 2 is 2.33 bits per heavy atom. The third-order valence-corrected chi connectivity index (χ3v) is 2.10. The van der Waals surface area contributed by atoms with Gasteiger partial charge in [-0.3, -0.25) is 4.90 Å². The van der Waals surface area contributed by atoms with Crippen LogP contribution >= 0.6 is 0 Å². The van der Waals surface area contributed by atoms with E-state index in [1.165, 1.54) is 25.8 Å². The summed E-state index contributed by atoms with van der Waals surface area (Å²) in [5.41, 5.74) is 0. The fraction of sp³-hybridized carbons (Fsp3) is 0.750. The van der Waals surface area contributed by atoms with Crippen molar-refractivity contribution in [2.75, 3.05) is 13.6 Å². The van der Waals surface area contributed by atoms with Crippen molar-refractivity contribution < 1.29 is 0 Å². The molecule has 0 amide bonds. The standard InChI is InChI=1S/C8H15N/c1-3-8-6-4-5-7-9(8)2/h3,8H,1,4-7H2,2H3/t8-/m1/s1. The quantitative estimate of drug-likeness (QED) is 0.482. The first-order chi connectivity index (χ1) is 4.34. The van der Waals surface area contributed by atoms with Crippen molar-refractivity contribution in [3.05, 3.63) is 12.7 Å². The Morgan fingerprint density at radius 1 is 1.56 bits per heavy atom. The van der Waals surface area contributed by atoms with Gasteiger partial charge in [-0.15, -0.1) is 6.58 Å². The number of hydrogen-bond acceptors (Lipinski definition) is 1. The Labute approximate surface area is 57.4 Å². The average Bonchev–Trinajstić information content (AvgIpc) is 1.89. The fourth-order valence-electron chi connectivity index (χ4n) is 1.40. The van der Waals surface area contributed by atoms with E-state index in [1.54, 1.807) is 0 Å². The van der Waals surface area contributed by atoms with Gasteiger partial charge in [0.2, 0.25) is 0 Å². The second-order valence-electron chi connectivity index (χ2n) is 2.78. The normalized spacial score (nSPS) is 30.1. The number of hydrogen-bond donors (Lipinski definition) is 0. The third-order valence-electron chi connectivity index (χ3n) is 2.10. The molecule has 9 heavy (non-hydrogen) atoms. The highest BCUT2D eigenvalue weighted by Gasteiger charge is 2.14. The zero-order valence-corrected chi connectivity index (χ0v) is 6.14. The van der Waals surface area contributed by atoms with E-state index in [2.05, 4.69) is 24.6 Å². The highest BCUT2D eigenvalue weighted by molar-refractivity contribution is 4.88. The molecule has 1 aliphatic heterocycles. The molecule has 0 aliphatic carbocycles. The van der Waals surface area contributed by atoms with E-state index in [1.807, 2.05) is 0 Å². The van der Waals surface area contributed by atoms with Crippen LogP contribution < -0.4 is 0 Å². The van der Waals surface area contributed by atoms with Gasteiger partial charge in [0.15, 0.2) is 0 Å². The minimum absolute atomic E-state index is 0.652. The van der Waals surface area contributed by atoms with Gasteiger partial charge < -0.3 is 0 Å². The Balaban J connectivity index is 2.38. The topological polar surface area (TPSA) is 3.24 Å². The van der Waals surface area contributed by atoms with Crippen molar-refractivity contribution in [1.29, 1.82) is 0 Å². The fourth-order valence-corrected chi connectivity index (χ4v) is 1.40. The zero-order valence-electron chi connectivity index (χ0n) is 6.14. The number of likely N-dealkylation sites (N-methyl/N-ethyl adjacent to an activating group) is 1. The van der Waals surface area contributed by atoms with Crippen LogP contribution in [0.1, 0.15) is 19.3 Å². The molecule has 0 aromatic carbocycles. The predicted molar refractivity (Wildman–Crippen MR) is 40.5 cm³/mol. The maximum atomic E-state index is 3.79. The Hall–Kier alpha value is -0.300. The van der Waals surface area contributed by atoms with E-state index in [4.69, 9.17) is 0 Å². The summed E-state index contributed by atoms with van der Waals surface area (Å²) >= 11 is 0. The summed E-state index contributed by atoms with van der Waals surface area (Å²) in [6.07, 6.45) is 6.10. The highest BCUT2D eigenvalue weighted by Crippen LogP contribution is 2.14. The monoisotopic (exact) mass is 125 g/mol. The van der Waals surface area contributed by atoms with E-state index >= 15 is 0 Å². The summed E-state index contributed by atoms with van der Waals surface area (Å²) in [5, 5.41) is 0. The van der Waals surface area contributed by atoms with Crippen molar-refractivity contribution in [2.45, 2.75) is 25.3 Å². The van der Waals surface area contributed by atoms with Crippen molar-refractivity contribution in [3.63, 3.8) is 0 Å². The molecule has 1 heteroatoms. The number of nitrogens with zero attached hydrogens (tertiary/aromatic N) is 1. The van der Waals surface area contributed by atoms with Crippen molar-refractivity contribution in [3.8, 4) is 0 Å². The van der Waals surface area contributed by atoms with Crippen molar-refractivity contribution in [1.82, 2.24) is 4.90 Å². The summed E-state index contributed by atoms with van der Waals surface area (Å²) in [7, 11) is 2.17. The third kappa shape index (κ3) is 1.55. The van der Waals surface area contributed by atoms with Gasteiger partial charge in [-0.1, -0.05) is 12.5 Å². The van der Waals surface area contributed by atoms with Crippen LogP contribution in [-0.2, 0) is 0 Å². The zero-order chi connectivity index (χ0) is 6.69. The molecule has 0 saturated carbocycles. The first-order valence-electron chi connectivity index (χ1n) is 3.67. The minimum atomic E-state index is 0.652. The minimum Gasteiger partial charge on any atom is -0.300 e. The molecular weight excluding hydrogens is 110 g/mol. The first kappa shape index (κ1) is 6.81. The van der Waals surface area contributed by atoms with Crippen LogP contribution in [0.4, 0.5) is 0 Å². The predicted octanol–water partition coefficient (Wildman–Crippen LogP) is 1.66. The molecule has 0 spiro atoms. The largest absolute Gasteiger partial charge is 0.300 e. The maximum absolute atomic E-state index is 3.79. The summed E-state index contributed by atoms with van der Waals surface area (Å²) in [4.78, 5) is 2.37. The van der Waals surface area contributed by atoms with E-state index in [9.17, 15) is 0 Å². The number of rotatable bonds is 1. The molecule has 1 heterocycles. The number of likely N-dealkylation sites (tertiary alicyclic amines) is 1. The molecule has 0 aromatic heterocycles. The molecule has 0 bridgehead atoms. The van der Waals surface area contributed by atoms with Gasteiger partial charge in [-0.2, -0.15) is 0 Å². The summed E-state index contributed by atoms with van der Waals surface area (Å²) in [6, 6.07) is 0.652. The van der Waals surface area contributed by atoms with Crippen LogP contribution in [0.25, 0.3) is 0 Å². The lowest BCUT2D eigenvalue weighted by Crippen LogP contribution is -2.34. The number of piperidine rings is 1. The van der Waals surface area contributed by atoms with Crippen LogP contribution in [0.5, 0.6) is 0 Å². The molecule has 1 nitrogen and oxygen atoms in total. The van der Waals surface area contributed by atoms with Crippen LogP contribution in [-0.4, -0.2) is 24.5 Å². The average molecular weight is 125 g/mol. The molecule has 52 valence electrons. The Kier molecular flexibility index (Phi) is 2.29. The molecule has 1 aliphatic rings. The maximum Gasteiger partial charge on any atom is 0.0272 e. The van der Waals surface area contributed by atoms with E-state index < -0.39 is 0 Å². The SMILES string of the molecule is C=C[C@@H]1CCCCN1C.